The van der Waals surface area contributed by atoms with Gasteiger partial charge in [0.15, 0.2) is 0 Å². The van der Waals surface area contributed by atoms with Crippen LogP contribution in [0, 0.1) is 0 Å². The van der Waals surface area contributed by atoms with Crippen LogP contribution >= 0.6 is 7.82 Å². The second-order valence-corrected chi connectivity index (χ2v) is 4.60. The summed E-state index contributed by atoms with van der Waals surface area (Å²) >= 11 is 0. The van der Waals surface area contributed by atoms with Crippen LogP contribution in [0.3, 0.4) is 0 Å². The largest absolute Gasteiger partial charge is 0.476 e. The van der Waals surface area contributed by atoms with E-state index in [1.807, 2.05) is 0 Å². The molecule has 1 aliphatic heterocycles. The Kier molecular flexibility index (Phi) is 4.48. The second kappa shape index (κ2) is 5.42. The summed E-state index contributed by atoms with van der Waals surface area (Å²) < 4.78 is 27.2. The first-order valence-corrected chi connectivity index (χ1v) is 6.07. The minimum absolute atomic E-state index is 0.116. The monoisotopic (exact) mass is 230 g/mol. The van der Waals surface area contributed by atoms with E-state index in [2.05, 4.69) is 19.7 Å². The van der Waals surface area contributed by atoms with Crippen molar-refractivity contribution in [3.8, 4) is 0 Å². The molecule has 0 aromatic carbocycles. The molecular formula is C10H15O4P. The highest BCUT2D eigenvalue weighted by molar-refractivity contribution is 7.48. The lowest BCUT2D eigenvalue weighted by Crippen LogP contribution is -2.26. The highest BCUT2D eigenvalue weighted by atomic mass is 31.2. The quantitative estimate of drug-likeness (QED) is 0.538. The van der Waals surface area contributed by atoms with Crippen molar-refractivity contribution in [1.82, 2.24) is 0 Å². The van der Waals surface area contributed by atoms with Gasteiger partial charge in [0.2, 0.25) is 0 Å². The maximum Gasteiger partial charge on any atom is 0.476 e. The predicted octanol–water partition coefficient (Wildman–Crippen LogP) is 2.84. The first kappa shape index (κ1) is 12.4. The summed E-state index contributed by atoms with van der Waals surface area (Å²) in [5.41, 5.74) is 0. The zero-order chi connectivity index (χ0) is 11.3. The molecule has 0 unspecified atom stereocenters. The molecule has 0 radical (unpaired) electrons. The molecule has 0 bridgehead atoms. The minimum atomic E-state index is -3.49. The normalized spacial score (nSPS) is 35.7. The van der Waals surface area contributed by atoms with E-state index >= 15 is 0 Å². The van der Waals surface area contributed by atoms with Crippen LogP contribution in [0.4, 0.5) is 0 Å². The third-order valence-corrected chi connectivity index (χ3v) is 3.39. The van der Waals surface area contributed by atoms with Crippen LogP contribution in [0.15, 0.2) is 38.0 Å². The summed E-state index contributed by atoms with van der Waals surface area (Å²) in [6.07, 6.45) is 4.50. The fourth-order valence-electron chi connectivity index (χ4n) is 1.15. The zero-order valence-corrected chi connectivity index (χ0v) is 9.40. The van der Waals surface area contributed by atoms with E-state index in [9.17, 15) is 4.57 Å². The lowest BCUT2D eigenvalue weighted by atomic mass is 10.1. The smallest absolute Gasteiger partial charge is 0.283 e. The van der Waals surface area contributed by atoms with Crippen molar-refractivity contribution in [3.05, 3.63) is 38.0 Å². The third kappa shape index (κ3) is 3.43. The summed E-state index contributed by atoms with van der Waals surface area (Å²) in [7, 11) is -3.49. The Morgan fingerprint density at radius 2 is 1.80 bits per heavy atom. The summed E-state index contributed by atoms with van der Waals surface area (Å²) in [4.78, 5) is 0. The molecule has 0 aromatic rings. The average molecular weight is 230 g/mol. The topological polar surface area (TPSA) is 44.8 Å². The van der Waals surface area contributed by atoms with Crippen LogP contribution < -0.4 is 0 Å². The van der Waals surface area contributed by atoms with Gasteiger partial charge >= 0.3 is 7.82 Å². The van der Waals surface area contributed by atoms with Crippen molar-refractivity contribution < 1.29 is 18.1 Å². The molecular weight excluding hydrogens is 215 g/mol. The molecule has 0 spiro atoms. The Bertz CT molecular complexity index is 280. The first-order chi connectivity index (χ1) is 7.13. The molecule has 15 heavy (non-hydrogen) atoms. The minimum Gasteiger partial charge on any atom is -0.283 e. The van der Waals surface area contributed by atoms with Crippen molar-refractivity contribution >= 4 is 7.82 Å². The van der Waals surface area contributed by atoms with Gasteiger partial charge in [-0.15, -0.1) is 19.7 Å². The van der Waals surface area contributed by atoms with Crippen LogP contribution in [-0.2, 0) is 18.1 Å². The molecule has 84 valence electrons. The van der Waals surface area contributed by atoms with E-state index in [0.717, 1.165) is 0 Å². The molecule has 5 heteroatoms. The number of phosphoric acid groups is 1. The van der Waals surface area contributed by atoms with Gasteiger partial charge in [0.05, 0.1) is 18.8 Å². The highest BCUT2D eigenvalue weighted by Gasteiger charge is 2.38. The fourth-order valence-corrected chi connectivity index (χ4v) is 2.62. The van der Waals surface area contributed by atoms with Crippen molar-refractivity contribution in [2.75, 3.05) is 6.61 Å². The molecule has 1 fully saturated rings. The van der Waals surface area contributed by atoms with E-state index in [4.69, 9.17) is 13.6 Å². The Hall–Kier alpha value is -0.670. The summed E-state index contributed by atoms with van der Waals surface area (Å²) in [5, 5.41) is 0. The van der Waals surface area contributed by atoms with Crippen LogP contribution in [0.5, 0.6) is 0 Å². The average Bonchev–Trinajstić information content (AvgIpc) is 2.25. The van der Waals surface area contributed by atoms with Crippen molar-refractivity contribution in [2.45, 2.75) is 18.6 Å². The molecule has 0 N–H and O–H groups in total. The lowest BCUT2D eigenvalue weighted by molar-refractivity contribution is 0.0268. The van der Waals surface area contributed by atoms with Gasteiger partial charge in [-0.1, -0.05) is 18.2 Å². The molecule has 1 heterocycles. The summed E-state index contributed by atoms with van der Waals surface area (Å²) in [6, 6.07) is 0. The molecule has 4 nitrogen and oxygen atoms in total. The van der Waals surface area contributed by atoms with Gasteiger partial charge in [-0.3, -0.25) is 13.6 Å². The van der Waals surface area contributed by atoms with E-state index in [1.54, 1.807) is 12.2 Å². The molecule has 1 aliphatic rings. The van der Waals surface area contributed by atoms with Gasteiger partial charge in [0.1, 0.15) is 0 Å². The molecule has 0 saturated carbocycles. The number of rotatable bonds is 5. The van der Waals surface area contributed by atoms with E-state index in [1.165, 1.54) is 6.08 Å². The van der Waals surface area contributed by atoms with Gasteiger partial charge in [-0.05, 0) is 0 Å². The van der Waals surface area contributed by atoms with Crippen molar-refractivity contribution in [2.24, 2.45) is 0 Å². The maximum absolute atomic E-state index is 11.9. The van der Waals surface area contributed by atoms with Crippen molar-refractivity contribution in [3.63, 3.8) is 0 Å². The SMILES string of the molecule is C=CCOP1(=O)O[C@@H](C=C)C[C@H](C=C)O1. The Morgan fingerprint density at radius 1 is 1.27 bits per heavy atom. The van der Waals surface area contributed by atoms with Crippen LogP contribution in [-0.4, -0.2) is 18.8 Å². The highest BCUT2D eigenvalue weighted by Crippen LogP contribution is 2.55. The Morgan fingerprint density at radius 3 is 2.20 bits per heavy atom. The van der Waals surface area contributed by atoms with E-state index in [0.29, 0.717) is 6.42 Å². The third-order valence-electron chi connectivity index (χ3n) is 1.87. The number of hydrogen-bond donors (Lipinski definition) is 0. The van der Waals surface area contributed by atoms with Crippen molar-refractivity contribution in [1.29, 1.82) is 0 Å². The van der Waals surface area contributed by atoms with E-state index < -0.39 is 7.82 Å². The molecule has 1 saturated heterocycles. The molecule has 0 amide bonds. The second-order valence-electron chi connectivity index (χ2n) is 3.03. The molecule has 2 atom stereocenters. The maximum atomic E-state index is 11.9. The van der Waals surface area contributed by atoms with Gasteiger partial charge < -0.3 is 0 Å². The Balaban J connectivity index is 2.70. The van der Waals surface area contributed by atoms with E-state index in [-0.39, 0.29) is 18.8 Å². The standard InChI is InChI=1S/C10H15O4P/c1-4-7-12-15(11)13-9(5-2)8-10(6-3)14-15/h4-6,9-10H,1-3,7-8H2/t9-,10-/m0/s1. The van der Waals surface area contributed by atoms with Crippen LogP contribution in [0.25, 0.3) is 0 Å². The van der Waals surface area contributed by atoms with Gasteiger partial charge in [-0.2, -0.15) is 0 Å². The first-order valence-electron chi connectivity index (χ1n) is 4.61. The van der Waals surface area contributed by atoms with Crippen LogP contribution in [0.2, 0.25) is 0 Å². The van der Waals surface area contributed by atoms with Gasteiger partial charge in [-0.25, -0.2) is 4.57 Å². The molecule has 0 aliphatic carbocycles. The Labute approximate surface area is 89.8 Å². The van der Waals surface area contributed by atoms with Crippen LogP contribution in [0.1, 0.15) is 6.42 Å². The number of hydrogen-bond acceptors (Lipinski definition) is 4. The predicted molar refractivity (Wildman–Crippen MR) is 58.5 cm³/mol. The number of phosphoric ester groups is 1. The molecule has 0 aromatic heterocycles. The molecule has 1 rings (SSSR count). The zero-order valence-electron chi connectivity index (χ0n) is 8.50. The lowest BCUT2D eigenvalue weighted by Gasteiger charge is -2.31. The summed E-state index contributed by atoms with van der Waals surface area (Å²) in [5.74, 6) is 0. The van der Waals surface area contributed by atoms with Gasteiger partial charge in [0, 0.05) is 6.42 Å². The fraction of sp³-hybridized carbons (Fsp3) is 0.400. The summed E-state index contributed by atoms with van der Waals surface area (Å²) in [6.45, 7) is 10.7. The van der Waals surface area contributed by atoms with Gasteiger partial charge in [0.25, 0.3) is 0 Å².